The van der Waals surface area contributed by atoms with Crippen molar-refractivity contribution < 1.29 is 28.0 Å². The summed E-state index contributed by atoms with van der Waals surface area (Å²) in [7, 11) is 0. The minimum Gasteiger partial charge on any atom is -0.480 e. The summed E-state index contributed by atoms with van der Waals surface area (Å²) in [6, 6.07) is -0.0999. The van der Waals surface area contributed by atoms with Crippen LogP contribution in [0.15, 0.2) is 10.6 Å². The number of aromatic nitrogens is 2. The van der Waals surface area contributed by atoms with Crippen molar-refractivity contribution in [3.8, 4) is 0 Å². The Morgan fingerprint density at radius 2 is 2.08 bits per heavy atom. The van der Waals surface area contributed by atoms with E-state index in [1.807, 2.05) is 13.8 Å². The fraction of sp³-hybridized carbons (Fsp3) is 0.529. The van der Waals surface area contributed by atoms with Gasteiger partial charge in [0.1, 0.15) is 6.04 Å². The second-order valence-electron chi connectivity index (χ2n) is 6.76. The van der Waals surface area contributed by atoms with E-state index < -0.39 is 30.8 Å². The lowest BCUT2D eigenvalue weighted by Gasteiger charge is -2.15. The molecule has 0 aromatic carbocycles. The number of carboxylic acids is 1. The highest BCUT2D eigenvalue weighted by Crippen LogP contribution is 2.41. The van der Waals surface area contributed by atoms with E-state index in [0.29, 0.717) is 16.8 Å². The van der Waals surface area contributed by atoms with Gasteiger partial charge >= 0.3 is 5.97 Å². The third kappa shape index (κ3) is 3.66. The molecule has 1 aliphatic rings. The molecule has 140 valence electrons. The number of nitrogens with one attached hydrogen (secondary N) is 1. The van der Waals surface area contributed by atoms with Gasteiger partial charge in [-0.15, -0.1) is 0 Å². The first-order chi connectivity index (χ1) is 12.3. The fourth-order valence-electron chi connectivity index (χ4n) is 2.79. The van der Waals surface area contributed by atoms with Gasteiger partial charge in [-0.2, -0.15) is 0 Å². The molecule has 2 aromatic heterocycles. The number of rotatable bonds is 7. The van der Waals surface area contributed by atoms with Crippen LogP contribution in [0.3, 0.4) is 0 Å². The van der Waals surface area contributed by atoms with E-state index in [1.165, 1.54) is 0 Å². The number of amides is 1. The Labute approximate surface area is 147 Å². The molecule has 0 radical (unpaired) electrons. The SMILES string of the molecule is CC(C)c1noc2nc(C3CC3)cc(C(=O)NC(CC(F)F)C(=O)O)c12. The average Bonchev–Trinajstić information content (AvgIpc) is 3.31. The monoisotopic (exact) mass is 367 g/mol. The van der Waals surface area contributed by atoms with Crippen molar-refractivity contribution >= 4 is 23.0 Å². The van der Waals surface area contributed by atoms with Crippen LogP contribution in [-0.4, -0.2) is 39.6 Å². The molecule has 2 heterocycles. The van der Waals surface area contributed by atoms with Crippen molar-refractivity contribution in [1.29, 1.82) is 0 Å². The highest BCUT2D eigenvalue weighted by molar-refractivity contribution is 6.07. The lowest BCUT2D eigenvalue weighted by Crippen LogP contribution is -2.42. The molecule has 1 saturated carbocycles. The van der Waals surface area contributed by atoms with Crippen LogP contribution in [0.4, 0.5) is 8.78 Å². The normalized spacial score (nSPS) is 15.6. The molecule has 2 N–H and O–H groups in total. The maximum atomic E-state index is 12.7. The van der Waals surface area contributed by atoms with Crippen LogP contribution in [-0.2, 0) is 4.79 Å². The van der Waals surface area contributed by atoms with E-state index in [2.05, 4.69) is 15.5 Å². The Hall–Kier alpha value is -2.58. The number of halogens is 2. The number of alkyl halides is 2. The summed E-state index contributed by atoms with van der Waals surface area (Å²) in [6.45, 7) is 3.73. The molecule has 0 bridgehead atoms. The Morgan fingerprint density at radius 3 is 2.62 bits per heavy atom. The standard InChI is InChI=1S/C17H19F2N3O4/c1-7(2)14-13-9(15(23)20-11(17(24)25)6-12(18)19)5-10(8-3-4-8)21-16(13)26-22-14/h5,7-8,11-12H,3-4,6H2,1-2H3,(H,20,23)(H,24,25). The van der Waals surface area contributed by atoms with E-state index in [4.69, 9.17) is 9.63 Å². The molecule has 1 atom stereocenters. The van der Waals surface area contributed by atoms with E-state index in [-0.39, 0.29) is 23.1 Å². The van der Waals surface area contributed by atoms with Gasteiger partial charge in [-0.05, 0) is 24.8 Å². The van der Waals surface area contributed by atoms with Gasteiger partial charge in [-0.1, -0.05) is 19.0 Å². The smallest absolute Gasteiger partial charge is 0.326 e. The van der Waals surface area contributed by atoms with Gasteiger partial charge < -0.3 is 14.9 Å². The summed E-state index contributed by atoms with van der Waals surface area (Å²) in [6.07, 6.45) is -1.94. The third-order valence-corrected chi connectivity index (χ3v) is 4.30. The summed E-state index contributed by atoms with van der Waals surface area (Å²) in [5.74, 6) is -2.11. The van der Waals surface area contributed by atoms with Crippen LogP contribution >= 0.6 is 0 Å². The van der Waals surface area contributed by atoms with Crippen LogP contribution in [0.25, 0.3) is 11.1 Å². The van der Waals surface area contributed by atoms with E-state index in [9.17, 15) is 18.4 Å². The first-order valence-corrected chi connectivity index (χ1v) is 8.40. The Balaban J connectivity index is 2.02. The first-order valence-electron chi connectivity index (χ1n) is 8.40. The predicted octanol–water partition coefficient (Wildman–Crippen LogP) is 3.06. The molecule has 7 nitrogen and oxygen atoms in total. The summed E-state index contributed by atoms with van der Waals surface area (Å²) in [5.41, 5.74) is 1.53. The quantitative estimate of drug-likeness (QED) is 0.779. The maximum Gasteiger partial charge on any atom is 0.326 e. The molecular weight excluding hydrogens is 348 g/mol. The van der Waals surface area contributed by atoms with Gasteiger partial charge in [0.2, 0.25) is 6.43 Å². The van der Waals surface area contributed by atoms with Crippen molar-refractivity contribution in [1.82, 2.24) is 15.5 Å². The van der Waals surface area contributed by atoms with Crippen LogP contribution in [0.5, 0.6) is 0 Å². The first kappa shape index (κ1) is 18.2. The molecule has 0 spiro atoms. The van der Waals surface area contributed by atoms with Gasteiger partial charge in [0, 0.05) is 18.0 Å². The molecule has 3 rings (SSSR count). The van der Waals surface area contributed by atoms with Crippen molar-refractivity contribution in [2.24, 2.45) is 0 Å². The van der Waals surface area contributed by atoms with Gasteiger partial charge in [0.15, 0.2) is 0 Å². The highest BCUT2D eigenvalue weighted by atomic mass is 19.3. The van der Waals surface area contributed by atoms with Crippen molar-refractivity contribution in [3.63, 3.8) is 0 Å². The number of carbonyl (C=O) groups excluding carboxylic acids is 1. The van der Waals surface area contributed by atoms with Gasteiger partial charge in [0.05, 0.1) is 16.6 Å². The molecular formula is C17H19F2N3O4. The molecule has 1 fully saturated rings. The number of hydrogen-bond donors (Lipinski definition) is 2. The minimum atomic E-state index is -2.85. The molecule has 9 heteroatoms. The number of nitrogens with zero attached hydrogens (tertiary/aromatic N) is 2. The second-order valence-corrected chi connectivity index (χ2v) is 6.76. The average molecular weight is 367 g/mol. The van der Waals surface area contributed by atoms with Crippen molar-refractivity contribution in [2.45, 2.75) is 57.4 Å². The summed E-state index contributed by atoms with van der Waals surface area (Å²) in [5, 5.41) is 15.6. The zero-order chi connectivity index (χ0) is 19.0. The van der Waals surface area contributed by atoms with Gasteiger partial charge in [-0.3, -0.25) is 4.79 Å². The van der Waals surface area contributed by atoms with E-state index >= 15 is 0 Å². The number of hydrogen-bond acceptors (Lipinski definition) is 5. The van der Waals surface area contributed by atoms with Crippen molar-refractivity contribution in [2.75, 3.05) is 0 Å². The Bertz CT molecular complexity index is 846. The van der Waals surface area contributed by atoms with Crippen LogP contribution in [0.2, 0.25) is 0 Å². The lowest BCUT2D eigenvalue weighted by molar-refractivity contribution is -0.140. The highest BCUT2D eigenvalue weighted by Gasteiger charge is 2.31. The molecule has 26 heavy (non-hydrogen) atoms. The number of fused-ring (bicyclic) bond motifs is 1. The molecule has 1 unspecified atom stereocenters. The molecule has 0 aliphatic heterocycles. The van der Waals surface area contributed by atoms with Crippen LogP contribution < -0.4 is 5.32 Å². The van der Waals surface area contributed by atoms with Crippen molar-refractivity contribution in [3.05, 3.63) is 23.0 Å². The Kier molecular flexibility index (Phi) is 4.88. The summed E-state index contributed by atoms with van der Waals surface area (Å²) in [4.78, 5) is 28.3. The Morgan fingerprint density at radius 1 is 1.38 bits per heavy atom. The number of carboxylic acid groups (broad SMARTS) is 1. The zero-order valence-electron chi connectivity index (χ0n) is 14.3. The van der Waals surface area contributed by atoms with Crippen LogP contribution in [0.1, 0.15) is 66.7 Å². The third-order valence-electron chi connectivity index (χ3n) is 4.30. The maximum absolute atomic E-state index is 12.7. The van der Waals surface area contributed by atoms with Crippen LogP contribution in [0, 0.1) is 0 Å². The second kappa shape index (κ2) is 6.97. The minimum absolute atomic E-state index is 0.0623. The van der Waals surface area contributed by atoms with Gasteiger partial charge in [0.25, 0.3) is 11.6 Å². The lowest BCUT2D eigenvalue weighted by atomic mass is 10.0. The van der Waals surface area contributed by atoms with E-state index in [1.54, 1.807) is 6.07 Å². The topological polar surface area (TPSA) is 105 Å². The van der Waals surface area contributed by atoms with Gasteiger partial charge in [-0.25, -0.2) is 18.6 Å². The predicted molar refractivity (Wildman–Crippen MR) is 87.4 cm³/mol. The van der Waals surface area contributed by atoms with E-state index in [0.717, 1.165) is 12.8 Å². The molecule has 1 aliphatic carbocycles. The largest absolute Gasteiger partial charge is 0.480 e. The molecule has 0 saturated heterocycles. The summed E-state index contributed by atoms with van der Waals surface area (Å²) < 4.78 is 30.5. The number of carbonyl (C=O) groups is 2. The summed E-state index contributed by atoms with van der Waals surface area (Å²) >= 11 is 0. The number of pyridine rings is 1. The molecule has 2 aromatic rings. The molecule has 1 amide bonds. The fourth-order valence-corrected chi connectivity index (χ4v) is 2.79. The number of aliphatic carboxylic acids is 1. The zero-order valence-corrected chi connectivity index (χ0v) is 14.3.